The van der Waals surface area contributed by atoms with E-state index >= 15 is 0 Å². The van der Waals surface area contributed by atoms with E-state index in [0.29, 0.717) is 17.9 Å². The van der Waals surface area contributed by atoms with Crippen LogP contribution in [0.25, 0.3) is 0 Å². The molecule has 2 aliphatic rings. The van der Waals surface area contributed by atoms with Gasteiger partial charge in [-0.05, 0) is 51.1 Å². The molecule has 16 heavy (non-hydrogen) atoms. The van der Waals surface area contributed by atoms with E-state index in [-0.39, 0.29) is 5.92 Å². The van der Waals surface area contributed by atoms with E-state index in [1.54, 1.807) is 0 Å². The van der Waals surface area contributed by atoms with Gasteiger partial charge in [0.1, 0.15) is 0 Å². The van der Waals surface area contributed by atoms with E-state index in [2.05, 4.69) is 12.2 Å². The molecular formula is C13H24N2O. The molecule has 1 saturated carbocycles. The smallest absolute Gasteiger partial charge is 0.225 e. The molecule has 0 aromatic rings. The van der Waals surface area contributed by atoms with Crippen LogP contribution in [0, 0.1) is 11.8 Å². The first-order valence-electron chi connectivity index (χ1n) is 6.67. The fourth-order valence-corrected chi connectivity index (χ4v) is 2.69. The average molecular weight is 224 g/mol. The van der Waals surface area contributed by atoms with Crippen LogP contribution in [0.2, 0.25) is 0 Å². The largest absolute Gasteiger partial charge is 0.342 e. The molecule has 1 amide bonds. The van der Waals surface area contributed by atoms with E-state index < -0.39 is 0 Å². The zero-order chi connectivity index (χ0) is 11.5. The zero-order valence-corrected chi connectivity index (χ0v) is 10.5. The van der Waals surface area contributed by atoms with Gasteiger partial charge >= 0.3 is 0 Å². The maximum atomic E-state index is 12.2. The number of rotatable bonds is 3. The van der Waals surface area contributed by atoms with Crippen LogP contribution in [-0.4, -0.2) is 37.0 Å². The van der Waals surface area contributed by atoms with E-state index in [9.17, 15) is 4.79 Å². The number of nitrogens with zero attached hydrogens (tertiary/aromatic N) is 1. The Labute approximate surface area is 98.6 Å². The molecular weight excluding hydrogens is 200 g/mol. The van der Waals surface area contributed by atoms with E-state index in [4.69, 9.17) is 0 Å². The van der Waals surface area contributed by atoms with Crippen LogP contribution in [0.5, 0.6) is 0 Å². The Morgan fingerprint density at radius 2 is 2.00 bits per heavy atom. The standard InChI is InChI=1S/C13H24N2O/c1-10(11-5-6-11)13(16)15(2)12-4-3-8-14-9-7-12/h10-12,14H,3-9H2,1-2H3. The lowest BCUT2D eigenvalue weighted by molar-refractivity contribution is -0.136. The van der Waals surface area contributed by atoms with Crippen molar-refractivity contribution >= 4 is 5.91 Å². The van der Waals surface area contributed by atoms with Crippen LogP contribution in [-0.2, 0) is 4.79 Å². The normalized spacial score (nSPS) is 28.2. The Balaban J connectivity index is 1.88. The second-order valence-corrected chi connectivity index (χ2v) is 5.41. The molecule has 2 unspecified atom stereocenters. The minimum Gasteiger partial charge on any atom is -0.342 e. The number of hydrogen-bond acceptors (Lipinski definition) is 2. The van der Waals surface area contributed by atoms with Gasteiger partial charge in [0.05, 0.1) is 0 Å². The predicted octanol–water partition coefficient (Wildman–Crippen LogP) is 1.63. The van der Waals surface area contributed by atoms with Crippen LogP contribution >= 0.6 is 0 Å². The summed E-state index contributed by atoms with van der Waals surface area (Å²) in [5.74, 6) is 1.30. The highest BCUT2D eigenvalue weighted by Crippen LogP contribution is 2.37. The van der Waals surface area contributed by atoms with E-state index in [1.165, 1.54) is 19.3 Å². The third-order valence-corrected chi connectivity index (χ3v) is 4.16. The highest BCUT2D eigenvalue weighted by atomic mass is 16.2. The number of carbonyl (C=O) groups is 1. The molecule has 0 spiro atoms. The van der Waals surface area contributed by atoms with Crippen LogP contribution < -0.4 is 5.32 Å². The SMILES string of the molecule is CC(C(=O)N(C)C1CCCNCC1)C1CC1. The molecule has 0 bridgehead atoms. The van der Waals surface area contributed by atoms with Gasteiger partial charge in [0, 0.05) is 19.0 Å². The van der Waals surface area contributed by atoms with E-state index in [1.807, 2.05) is 11.9 Å². The first-order valence-corrected chi connectivity index (χ1v) is 6.67. The van der Waals surface area contributed by atoms with Gasteiger partial charge < -0.3 is 10.2 Å². The summed E-state index contributed by atoms with van der Waals surface area (Å²) in [5.41, 5.74) is 0. The zero-order valence-electron chi connectivity index (χ0n) is 10.5. The summed E-state index contributed by atoms with van der Waals surface area (Å²) in [6, 6.07) is 0.462. The van der Waals surface area contributed by atoms with Crippen LogP contribution in [0.1, 0.15) is 39.0 Å². The van der Waals surface area contributed by atoms with Gasteiger partial charge in [-0.2, -0.15) is 0 Å². The Bertz CT molecular complexity index is 242. The minimum absolute atomic E-state index is 0.251. The minimum atomic E-state index is 0.251. The fraction of sp³-hybridized carbons (Fsp3) is 0.923. The molecule has 0 radical (unpaired) electrons. The molecule has 1 aliphatic carbocycles. The van der Waals surface area contributed by atoms with Gasteiger partial charge in [-0.25, -0.2) is 0 Å². The molecule has 0 aromatic carbocycles. The summed E-state index contributed by atoms with van der Waals surface area (Å²) in [6.07, 6.45) is 5.98. The molecule has 1 heterocycles. The summed E-state index contributed by atoms with van der Waals surface area (Å²) in [5, 5.41) is 3.40. The Hall–Kier alpha value is -0.570. The van der Waals surface area contributed by atoms with Crippen molar-refractivity contribution in [1.29, 1.82) is 0 Å². The van der Waals surface area contributed by atoms with Gasteiger partial charge in [-0.3, -0.25) is 4.79 Å². The number of carbonyl (C=O) groups excluding carboxylic acids is 1. The topological polar surface area (TPSA) is 32.3 Å². The van der Waals surface area contributed by atoms with Crippen molar-refractivity contribution in [2.24, 2.45) is 11.8 Å². The molecule has 1 aliphatic heterocycles. The van der Waals surface area contributed by atoms with Gasteiger partial charge in [0.25, 0.3) is 0 Å². The van der Waals surface area contributed by atoms with Crippen LogP contribution in [0.3, 0.4) is 0 Å². The highest BCUT2D eigenvalue weighted by Gasteiger charge is 2.35. The molecule has 2 rings (SSSR count). The van der Waals surface area contributed by atoms with Crippen molar-refractivity contribution in [3.63, 3.8) is 0 Å². The summed E-state index contributed by atoms with van der Waals surface area (Å²) in [7, 11) is 2.00. The molecule has 2 atom stereocenters. The van der Waals surface area contributed by atoms with Crippen molar-refractivity contribution in [1.82, 2.24) is 10.2 Å². The number of nitrogens with one attached hydrogen (secondary N) is 1. The van der Waals surface area contributed by atoms with Crippen LogP contribution in [0.15, 0.2) is 0 Å². The number of amides is 1. The van der Waals surface area contributed by atoms with Crippen molar-refractivity contribution < 1.29 is 4.79 Å². The van der Waals surface area contributed by atoms with Gasteiger partial charge in [0.15, 0.2) is 0 Å². The summed E-state index contributed by atoms with van der Waals surface area (Å²) in [4.78, 5) is 14.3. The Morgan fingerprint density at radius 3 is 2.69 bits per heavy atom. The van der Waals surface area contributed by atoms with Gasteiger partial charge in [-0.1, -0.05) is 6.92 Å². The second-order valence-electron chi connectivity index (χ2n) is 5.41. The summed E-state index contributed by atoms with van der Waals surface area (Å²) < 4.78 is 0. The molecule has 0 aromatic heterocycles. The first-order chi connectivity index (χ1) is 7.70. The van der Waals surface area contributed by atoms with Gasteiger partial charge in [0.2, 0.25) is 5.91 Å². The third kappa shape index (κ3) is 2.76. The monoisotopic (exact) mass is 224 g/mol. The fourth-order valence-electron chi connectivity index (χ4n) is 2.69. The molecule has 1 saturated heterocycles. The van der Waals surface area contributed by atoms with E-state index in [0.717, 1.165) is 25.9 Å². The highest BCUT2D eigenvalue weighted by molar-refractivity contribution is 5.79. The van der Waals surface area contributed by atoms with Crippen LogP contribution in [0.4, 0.5) is 0 Å². The maximum absolute atomic E-state index is 12.2. The second kappa shape index (κ2) is 5.17. The lowest BCUT2D eigenvalue weighted by atomic mass is 10.0. The van der Waals surface area contributed by atoms with Gasteiger partial charge in [-0.15, -0.1) is 0 Å². The molecule has 3 nitrogen and oxygen atoms in total. The third-order valence-electron chi connectivity index (χ3n) is 4.16. The van der Waals surface area contributed by atoms with Crippen molar-refractivity contribution in [3.8, 4) is 0 Å². The van der Waals surface area contributed by atoms with Crippen molar-refractivity contribution in [2.75, 3.05) is 20.1 Å². The summed E-state index contributed by atoms with van der Waals surface area (Å²) >= 11 is 0. The molecule has 3 heteroatoms. The van der Waals surface area contributed by atoms with Crippen molar-refractivity contribution in [3.05, 3.63) is 0 Å². The Morgan fingerprint density at radius 1 is 1.25 bits per heavy atom. The summed E-state index contributed by atoms with van der Waals surface area (Å²) in [6.45, 7) is 4.27. The predicted molar refractivity (Wildman–Crippen MR) is 65.2 cm³/mol. The quantitative estimate of drug-likeness (QED) is 0.790. The average Bonchev–Trinajstić information content (AvgIpc) is 3.11. The lowest BCUT2D eigenvalue weighted by Gasteiger charge is -2.29. The lowest BCUT2D eigenvalue weighted by Crippen LogP contribution is -2.41. The first kappa shape index (κ1) is 11.9. The molecule has 92 valence electrons. The molecule has 1 N–H and O–H groups in total. The van der Waals surface area contributed by atoms with Crippen molar-refractivity contribution in [2.45, 2.75) is 45.1 Å². The number of hydrogen-bond donors (Lipinski definition) is 1. The maximum Gasteiger partial charge on any atom is 0.225 e. The Kier molecular flexibility index (Phi) is 3.85. The molecule has 2 fully saturated rings.